The predicted octanol–water partition coefficient (Wildman–Crippen LogP) is 3.86. The standard InChI is InChI=1S/C30H36N2O5/c33-20-26-17-23-13-9-10-15-25(23)19-32(26)28(34)18-24-14-5-2-1-3-8-16-29(35)37-21-27(31-30(24)36)22-11-6-4-7-12-22/h2,4-7,9-13,15,24,26-27,33H,1,3,8,14,16-21H2,(H,31,36)/t24-,26+,27+/m1/s1. The van der Waals surface area contributed by atoms with Gasteiger partial charge in [0.15, 0.2) is 0 Å². The molecule has 0 bridgehead atoms. The molecule has 0 fully saturated rings. The second-order valence-electron chi connectivity index (χ2n) is 9.84. The molecule has 2 N–H and O–H groups in total. The Morgan fingerprint density at radius 2 is 1.76 bits per heavy atom. The van der Waals surface area contributed by atoms with Crippen LogP contribution < -0.4 is 5.32 Å². The second-order valence-corrected chi connectivity index (χ2v) is 9.84. The van der Waals surface area contributed by atoms with Crippen LogP contribution in [0.4, 0.5) is 0 Å². The SMILES string of the molecule is O=C1CCCCC=CC[C@H](CC(=O)N2Cc3ccccc3C[C@H]2CO)C(=O)N[C@H](c2ccccc2)CO1. The molecule has 2 aliphatic heterocycles. The third-order valence-electron chi connectivity index (χ3n) is 7.20. The van der Waals surface area contributed by atoms with Crippen LogP contribution in [0.25, 0.3) is 0 Å². The number of hydrogen-bond donors (Lipinski definition) is 2. The zero-order chi connectivity index (χ0) is 26.0. The van der Waals surface area contributed by atoms with Crippen molar-refractivity contribution in [2.75, 3.05) is 13.2 Å². The minimum absolute atomic E-state index is 0.0378. The number of nitrogens with zero attached hydrogens (tertiary/aromatic N) is 1. The number of amides is 2. The lowest BCUT2D eigenvalue weighted by Gasteiger charge is -2.36. The van der Waals surface area contributed by atoms with Crippen LogP contribution in [-0.2, 0) is 32.1 Å². The first kappa shape index (κ1) is 26.6. The van der Waals surface area contributed by atoms with Crippen molar-refractivity contribution < 1.29 is 24.2 Å². The normalized spacial score (nSPS) is 23.4. The van der Waals surface area contributed by atoms with Crippen molar-refractivity contribution >= 4 is 17.8 Å². The number of nitrogens with one attached hydrogen (secondary N) is 1. The third kappa shape index (κ3) is 7.29. The van der Waals surface area contributed by atoms with Crippen LogP contribution in [0.15, 0.2) is 66.7 Å². The van der Waals surface area contributed by atoms with Crippen LogP contribution in [0.1, 0.15) is 61.3 Å². The molecule has 4 rings (SSSR count). The van der Waals surface area contributed by atoms with Gasteiger partial charge in [-0.2, -0.15) is 0 Å². The highest BCUT2D eigenvalue weighted by Gasteiger charge is 2.32. The number of fused-ring (bicyclic) bond motifs is 1. The summed E-state index contributed by atoms with van der Waals surface area (Å²) in [6.07, 6.45) is 7.81. The summed E-state index contributed by atoms with van der Waals surface area (Å²) in [7, 11) is 0. The van der Waals surface area contributed by atoms with Gasteiger partial charge in [-0.3, -0.25) is 14.4 Å². The molecule has 7 heteroatoms. The van der Waals surface area contributed by atoms with Gasteiger partial charge < -0.3 is 20.1 Å². The maximum Gasteiger partial charge on any atom is 0.305 e. The van der Waals surface area contributed by atoms with Gasteiger partial charge in [0.2, 0.25) is 11.8 Å². The molecule has 0 saturated heterocycles. The molecule has 196 valence electrons. The first-order chi connectivity index (χ1) is 18.0. The van der Waals surface area contributed by atoms with E-state index >= 15 is 0 Å². The number of carbonyl (C=O) groups is 3. The van der Waals surface area contributed by atoms with E-state index in [2.05, 4.69) is 5.32 Å². The Morgan fingerprint density at radius 1 is 1.00 bits per heavy atom. The summed E-state index contributed by atoms with van der Waals surface area (Å²) in [6.45, 7) is 0.339. The van der Waals surface area contributed by atoms with E-state index in [1.807, 2.05) is 66.7 Å². The van der Waals surface area contributed by atoms with E-state index in [1.165, 1.54) is 0 Å². The van der Waals surface area contributed by atoms with E-state index < -0.39 is 12.0 Å². The number of ether oxygens (including phenoxy) is 1. The molecular formula is C30H36N2O5. The van der Waals surface area contributed by atoms with Crippen LogP contribution in [0, 0.1) is 5.92 Å². The fourth-order valence-corrected chi connectivity index (χ4v) is 5.01. The number of rotatable bonds is 4. The molecule has 3 atom stereocenters. The maximum absolute atomic E-state index is 13.5. The quantitative estimate of drug-likeness (QED) is 0.487. The number of benzene rings is 2. The summed E-state index contributed by atoms with van der Waals surface area (Å²) in [5, 5.41) is 13.0. The van der Waals surface area contributed by atoms with Gasteiger partial charge in [-0.15, -0.1) is 0 Å². The average molecular weight is 505 g/mol. The van der Waals surface area contributed by atoms with Crippen LogP contribution in [0.2, 0.25) is 0 Å². The van der Waals surface area contributed by atoms with Gasteiger partial charge in [0, 0.05) is 19.4 Å². The Balaban J connectivity index is 1.52. The van der Waals surface area contributed by atoms with Crippen LogP contribution >= 0.6 is 0 Å². The maximum atomic E-state index is 13.5. The second kappa shape index (κ2) is 13.2. The van der Waals surface area contributed by atoms with Crippen molar-refractivity contribution in [2.45, 2.75) is 63.6 Å². The lowest BCUT2D eigenvalue weighted by Crippen LogP contribution is -2.47. The average Bonchev–Trinajstić information content (AvgIpc) is 2.93. The summed E-state index contributed by atoms with van der Waals surface area (Å²) >= 11 is 0. The van der Waals surface area contributed by atoms with E-state index in [0.29, 0.717) is 25.8 Å². The number of carbonyl (C=O) groups excluding carboxylic acids is 3. The lowest BCUT2D eigenvalue weighted by molar-refractivity contribution is -0.145. The number of hydrogen-bond acceptors (Lipinski definition) is 5. The number of aliphatic hydroxyl groups is 1. The van der Waals surface area contributed by atoms with Crippen molar-refractivity contribution in [2.24, 2.45) is 5.92 Å². The van der Waals surface area contributed by atoms with E-state index in [4.69, 9.17) is 4.74 Å². The first-order valence-corrected chi connectivity index (χ1v) is 13.2. The Kier molecular flexibility index (Phi) is 9.49. The van der Waals surface area contributed by atoms with Crippen molar-refractivity contribution in [3.05, 3.63) is 83.4 Å². The van der Waals surface area contributed by atoms with Crippen molar-refractivity contribution in [1.29, 1.82) is 0 Å². The highest BCUT2D eigenvalue weighted by molar-refractivity contribution is 5.86. The molecule has 2 aromatic rings. The van der Waals surface area contributed by atoms with E-state index in [1.54, 1.807) is 4.90 Å². The van der Waals surface area contributed by atoms with Gasteiger partial charge in [-0.1, -0.05) is 66.7 Å². The fourth-order valence-electron chi connectivity index (χ4n) is 5.01. The largest absolute Gasteiger partial charge is 0.463 e. The van der Waals surface area contributed by atoms with Gasteiger partial charge in [-0.05, 0) is 48.8 Å². The molecule has 0 radical (unpaired) electrons. The lowest BCUT2D eigenvalue weighted by atomic mass is 9.92. The Morgan fingerprint density at radius 3 is 2.54 bits per heavy atom. The Bertz CT molecular complexity index is 1100. The van der Waals surface area contributed by atoms with E-state index in [-0.39, 0.29) is 43.5 Å². The fraction of sp³-hybridized carbons (Fsp3) is 0.433. The third-order valence-corrected chi connectivity index (χ3v) is 7.20. The Labute approximate surface area is 218 Å². The summed E-state index contributed by atoms with van der Waals surface area (Å²) in [4.78, 5) is 40.9. The summed E-state index contributed by atoms with van der Waals surface area (Å²) in [6, 6.07) is 16.6. The zero-order valence-electron chi connectivity index (χ0n) is 21.2. The van der Waals surface area contributed by atoms with Crippen LogP contribution in [0.3, 0.4) is 0 Å². The molecule has 2 heterocycles. The van der Waals surface area contributed by atoms with Gasteiger partial charge in [-0.25, -0.2) is 0 Å². The number of esters is 1. The summed E-state index contributed by atoms with van der Waals surface area (Å²) < 4.78 is 5.50. The molecule has 0 aliphatic carbocycles. The number of cyclic esters (lactones) is 1. The predicted molar refractivity (Wildman–Crippen MR) is 140 cm³/mol. The molecule has 2 aliphatic rings. The molecule has 0 saturated carbocycles. The molecule has 0 unspecified atom stereocenters. The highest BCUT2D eigenvalue weighted by atomic mass is 16.5. The minimum atomic E-state index is -0.579. The first-order valence-electron chi connectivity index (χ1n) is 13.2. The molecule has 0 aromatic heterocycles. The van der Waals surface area contributed by atoms with E-state index in [9.17, 15) is 19.5 Å². The summed E-state index contributed by atoms with van der Waals surface area (Å²) in [5.41, 5.74) is 3.05. The smallest absolute Gasteiger partial charge is 0.305 e. The summed E-state index contributed by atoms with van der Waals surface area (Å²) in [5.74, 6) is -1.25. The zero-order valence-corrected chi connectivity index (χ0v) is 21.2. The van der Waals surface area contributed by atoms with Crippen LogP contribution in [0.5, 0.6) is 0 Å². The number of aliphatic hydroxyl groups excluding tert-OH is 1. The minimum Gasteiger partial charge on any atom is -0.463 e. The molecule has 2 aromatic carbocycles. The molecule has 2 amide bonds. The van der Waals surface area contributed by atoms with E-state index in [0.717, 1.165) is 36.0 Å². The highest BCUT2D eigenvalue weighted by Crippen LogP contribution is 2.26. The molecule has 7 nitrogen and oxygen atoms in total. The van der Waals surface area contributed by atoms with Crippen molar-refractivity contribution in [3.63, 3.8) is 0 Å². The molecular weight excluding hydrogens is 468 g/mol. The number of allylic oxidation sites excluding steroid dienone is 2. The molecule has 37 heavy (non-hydrogen) atoms. The van der Waals surface area contributed by atoms with Gasteiger partial charge >= 0.3 is 5.97 Å². The molecule has 0 spiro atoms. The monoisotopic (exact) mass is 504 g/mol. The van der Waals surface area contributed by atoms with Crippen LogP contribution in [-0.4, -0.2) is 47.0 Å². The Hall–Kier alpha value is -3.45. The topological polar surface area (TPSA) is 95.9 Å². The van der Waals surface area contributed by atoms with Crippen molar-refractivity contribution in [1.82, 2.24) is 10.2 Å². The van der Waals surface area contributed by atoms with Gasteiger partial charge in [0.1, 0.15) is 6.61 Å². The van der Waals surface area contributed by atoms with Crippen molar-refractivity contribution in [3.8, 4) is 0 Å². The van der Waals surface area contributed by atoms with Gasteiger partial charge in [0.25, 0.3) is 0 Å². The van der Waals surface area contributed by atoms with Gasteiger partial charge in [0.05, 0.1) is 24.6 Å².